The highest BCUT2D eigenvalue weighted by molar-refractivity contribution is 6.04. The molecule has 0 unspecified atom stereocenters. The van der Waals surface area contributed by atoms with Crippen molar-refractivity contribution in [1.82, 2.24) is 4.90 Å². The molecule has 4 rings (SSSR count). The van der Waals surface area contributed by atoms with E-state index in [2.05, 4.69) is 53.5 Å². The Labute approximate surface area is 137 Å². The molecule has 2 atom stereocenters. The first-order valence-electron chi connectivity index (χ1n) is 8.51. The average molecular weight is 306 g/mol. The minimum Gasteiger partial charge on any atom is -0.325 e. The Balaban J connectivity index is 1.87. The van der Waals surface area contributed by atoms with Crippen molar-refractivity contribution in [3.63, 3.8) is 0 Å². The molecule has 0 fully saturated rings. The van der Waals surface area contributed by atoms with Crippen LogP contribution in [0.5, 0.6) is 0 Å². The fourth-order valence-electron chi connectivity index (χ4n) is 4.16. The van der Waals surface area contributed by atoms with Crippen LogP contribution in [0.2, 0.25) is 0 Å². The summed E-state index contributed by atoms with van der Waals surface area (Å²) in [5.41, 5.74) is 4.80. The zero-order valence-corrected chi connectivity index (χ0v) is 13.5. The first-order valence-corrected chi connectivity index (χ1v) is 8.51. The van der Waals surface area contributed by atoms with E-state index in [0.29, 0.717) is 0 Å². The number of carbonyl (C=O) groups is 1. The Morgan fingerprint density at radius 1 is 1.13 bits per heavy atom. The highest BCUT2D eigenvalue weighted by Gasteiger charge is 2.43. The number of nitrogens with one attached hydrogen (secondary N) is 1. The van der Waals surface area contributed by atoms with E-state index in [0.717, 1.165) is 31.6 Å². The van der Waals surface area contributed by atoms with E-state index >= 15 is 0 Å². The molecule has 2 aliphatic heterocycles. The van der Waals surface area contributed by atoms with Gasteiger partial charge in [-0.05, 0) is 42.1 Å². The SMILES string of the molecule is CCCN1CCc2cccc3c2[C@@H](C(=O)N3)[C@H]1c1ccccc1. The molecular weight excluding hydrogens is 284 g/mol. The van der Waals surface area contributed by atoms with Crippen molar-refractivity contribution in [2.45, 2.75) is 31.7 Å². The molecular formula is C20H22N2O. The van der Waals surface area contributed by atoms with Crippen molar-refractivity contribution in [2.75, 3.05) is 18.4 Å². The van der Waals surface area contributed by atoms with E-state index in [1.807, 2.05) is 12.1 Å². The van der Waals surface area contributed by atoms with Crippen molar-refractivity contribution < 1.29 is 4.79 Å². The van der Waals surface area contributed by atoms with Gasteiger partial charge in [-0.25, -0.2) is 0 Å². The van der Waals surface area contributed by atoms with Gasteiger partial charge < -0.3 is 5.32 Å². The fraction of sp³-hybridized carbons (Fsp3) is 0.350. The normalized spacial score (nSPS) is 23.3. The summed E-state index contributed by atoms with van der Waals surface area (Å²) < 4.78 is 0. The van der Waals surface area contributed by atoms with Crippen LogP contribution in [0.15, 0.2) is 48.5 Å². The molecule has 23 heavy (non-hydrogen) atoms. The van der Waals surface area contributed by atoms with Gasteiger partial charge in [-0.2, -0.15) is 0 Å². The van der Waals surface area contributed by atoms with E-state index in [9.17, 15) is 4.79 Å². The van der Waals surface area contributed by atoms with Crippen molar-refractivity contribution in [1.29, 1.82) is 0 Å². The van der Waals surface area contributed by atoms with Gasteiger partial charge in [0.25, 0.3) is 0 Å². The highest BCUT2D eigenvalue weighted by Crippen LogP contribution is 2.47. The molecule has 3 nitrogen and oxygen atoms in total. The minimum absolute atomic E-state index is 0.0994. The van der Waals surface area contributed by atoms with Gasteiger partial charge in [0.05, 0.1) is 12.0 Å². The van der Waals surface area contributed by atoms with Crippen LogP contribution in [0.3, 0.4) is 0 Å². The van der Waals surface area contributed by atoms with Crippen LogP contribution < -0.4 is 5.32 Å². The number of rotatable bonds is 3. The van der Waals surface area contributed by atoms with Gasteiger partial charge in [0.2, 0.25) is 5.91 Å². The van der Waals surface area contributed by atoms with Crippen LogP contribution in [0.1, 0.15) is 42.0 Å². The van der Waals surface area contributed by atoms with Crippen molar-refractivity contribution in [3.05, 3.63) is 65.2 Å². The quantitative estimate of drug-likeness (QED) is 0.937. The Hall–Kier alpha value is -2.13. The highest BCUT2D eigenvalue weighted by atomic mass is 16.2. The van der Waals surface area contributed by atoms with Crippen LogP contribution in [-0.2, 0) is 11.2 Å². The summed E-state index contributed by atoms with van der Waals surface area (Å²) in [7, 11) is 0. The molecule has 2 heterocycles. The summed E-state index contributed by atoms with van der Waals surface area (Å²) in [4.78, 5) is 15.3. The van der Waals surface area contributed by atoms with E-state index < -0.39 is 0 Å². The molecule has 0 aromatic heterocycles. The molecule has 2 aromatic carbocycles. The molecule has 0 saturated heterocycles. The topological polar surface area (TPSA) is 32.3 Å². The predicted molar refractivity (Wildman–Crippen MR) is 92.6 cm³/mol. The summed E-state index contributed by atoms with van der Waals surface area (Å²) in [5.74, 6) is 0.0435. The molecule has 0 saturated carbocycles. The summed E-state index contributed by atoms with van der Waals surface area (Å²) in [6.07, 6.45) is 2.11. The lowest BCUT2D eigenvalue weighted by atomic mass is 9.85. The van der Waals surface area contributed by atoms with Crippen LogP contribution >= 0.6 is 0 Å². The molecule has 0 bridgehead atoms. The molecule has 0 aliphatic carbocycles. The van der Waals surface area contributed by atoms with Gasteiger partial charge in [-0.1, -0.05) is 49.4 Å². The lowest BCUT2D eigenvalue weighted by Gasteiger charge is -2.33. The summed E-state index contributed by atoms with van der Waals surface area (Å²) in [5, 5.41) is 3.10. The number of anilines is 1. The summed E-state index contributed by atoms with van der Waals surface area (Å²) in [6, 6.07) is 16.9. The van der Waals surface area contributed by atoms with E-state index in [1.54, 1.807) is 0 Å². The van der Waals surface area contributed by atoms with Gasteiger partial charge in [0.1, 0.15) is 0 Å². The Morgan fingerprint density at radius 2 is 1.96 bits per heavy atom. The third-order valence-corrected chi connectivity index (χ3v) is 5.08. The maximum atomic E-state index is 12.8. The van der Waals surface area contributed by atoms with Gasteiger partial charge in [0, 0.05) is 12.2 Å². The Kier molecular flexibility index (Phi) is 3.66. The lowest BCUT2D eigenvalue weighted by Crippen LogP contribution is -2.35. The van der Waals surface area contributed by atoms with Gasteiger partial charge in [-0.15, -0.1) is 0 Å². The molecule has 1 amide bonds. The first-order chi connectivity index (χ1) is 11.3. The second-order valence-corrected chi connectivity index (χ2v) is 6.49. The van der Waals surface area contributed by atoms with Crippen molar-refractivity contribution >= 4 is 11.6 Å². The number of carbonyl (C=O) groups excluding carboxylic acids is 1. The molecule has 0 radical (unpaired) electrons. The zero-order valence-electron chi connectivity index (χ0n) is 13.5. The second kappa shape index (κ2) is 5.82. The standard InChI is InChI=1S/C20H22N2O/c1-2-12-22-13-11-14-9-6-10-16-17(14)18(20(23)21-16)19(22)15-7-4-3-5-8-15/h3-10,18-19H,2,11-13H2,1H3,(H,21,23)/t18-,19-/m1/s1. The van der Waals surface area contributed by atoms with E-state index in [1.165, 1.54) is 16.7 Å². The maximum absolute atomic E-state index is 12.8. The Morgan fingerprint density at radius 3 is 2.74 bits per heavy atom. The molecule has 118 valence electrons. The van der Waals surface area contributed by atoms with Gasteiger partial charge >= 0.3 is 0 Å². The molecule has 1 N–H and O–H groups in total. The molecule has 0 spiro atoms. The lowest BCUT2D eigenvalue weighted by molar-refractivity contribution is -0.118. The third kappa shape index (κ3) is 2.36. The minimum atomic E-state index is -0.0994. The largest absolute Gasteiger partial charge is 0.325 e. The van der Waals surface area contributed by atoms with Gasteiger partial charge in [0.15, 0.2) is 0 Å². The number of hydrogen-bond acceptors (Lipinski definition) is 2. The number of benzene rings is 2. The molecule has 2 aliphatic rings. The molecule has 3 heteroatoms. The predicted octanol–water partition coefficient (Wildman–Crippen LogP) is 3.73. The van der Waals surface area contributed by atoms with Crippen molar-refractivity contribution in [2.24, 2.45) is 0 Å². The summed E-state index contributed by atoms with van der Waals surface area (Å²) >= 11 is 0. The summed E-state index contributed by atoms with van der Waals surface area (Å²) in [6.45, 7) is 4.24. The van der Waals surface area contributed by atoms with E-state index in [-0.39, 0.29) is 17.9 Å². The fourth-order valence-corrected chi connectivity index (χ4v) is 4.16. The first kappa shape index (κ1) is 14.5. The maximum Gasteiger partial charge on any atom is 0.233 e. The van der Waals surface area contributed by atoms with Crippen LogP contribution in [-0.4, -0.2) is 23.9 Å². The number of hydrogen-bond donors (Lipinski definition) is 1. The molecule has 2 aromatic rings. The average Bonchev–Trinajstić information content (AvgIpc) is 2.80. The van der Waals surface area contributed by atoms with Crippen molar-refractivity contribution in [3.8, 4) is 0 Å². The van der Waals surface area contributed by atoms with Crippen LogP contribution in [0.4, 0.5) is 5.69 Å². The van der Waals surface area contributed by atoms with E-state index in [4.69, 9.17) is 0 Å². The monoisotopic (exact) mass is 306 g/mol. The number of nitrogens with zero attached hydrogens (tertiary/aromatic N) is 1. The van der Waals surface area contributed by atoms with Gasteiger partial charge in [-0.3, -0.25) is 9.69 Å². The second-order valence-electron chi connectivity index (χ2n) is 6.49. The smallest absolute Gasteiger partial charge is 0.233 e. The number of amides is 1. The van der Waals surface area contributed by atoms with Crippen LogP contribution in [0, 0.1) is 0 Å². The Bertz CT molecular complexity index is 726. The third-order valence-electron chi connectivity index (χ3n) is 5.08. The zero-order chi connectivity index (χ0) is 15.8. The van der Waals surface area contributed by atoms with Crippen LogP contribution in [0.25, 0.3) is 0 Å².